The lowest BCUT2D eigenvalue weighted by Crippen LogP contribution is -2.50. The Bertz CT molecular complexity index is 1320. The van der Waals surface area contributed by atoms with Crippen LogP contribution in [0.4, 0.5) is 17.1 Å². The number of nitrogens with one attached hydrogen (secondary N) is 1. The van der Waals surface area contributed by atoms with Crippen LogP contribution in [0, 0.1) is 6.92 Å². The molecule has 0 unspecified atom stereocenters. The Balaban J connectivity index is 1.46. The number of benzene rings is 3. The lowest BCUT2D eigenvalue weighted by atomic mass is 10.0. The second-order valence-corrected chi connectivity index (χ2v) is 10.4. The van der Waals surface area contributed by atoms with Crippen LogP contribution in [0.2, 0.25) is 0 Å². The number of thioether (sulfide) groups is 1. The van der Waals surface area contributed by atoms with E-state index in [4.69, 9.17) is 0 Å². The molecule has 0 aromatic heterocycles. The number of nitrogens with zero attached hydrogens (tertiary/aromatic N) is 2. The molecule has 3 aromatic carbocycles. The van der Waals surface area contributed by atoms with Crippen LogP contribution in [0.3, 0.4) is 0 Å². The van der Waals surface area contributed by atoms with Crippen LogP contribution in [0.25, 0.3) is 0 Å². The smallest absolute Gasteiger partial charge is 0.269 e. The number of carbonyl (C=O) groups excluding carboxylic acids is 3. The zero-order valence-corrected chi connectivity index (χ0v) is 20.8. The summed E-state index contributed by atoms with van der Waals surface area (Å²) in [6.07, 6.45) is 0. The molecule has 0 aliphatic carbocycles. The molecule has 2 aliphatic heterocycles. The number of hydrogen-bond donors (Lipinski definition) is 1. The average Bonchev–Trinajstić information content (AvgIpc) is 3.30. The van der Waals surface area contributed by atoms with Crippen LogP contribution in [0.5, 0.6) is 0 Å². The number of amides is 3. The minimum Gasteiger partial charge on any atom is -0.325 e. The van der Waals surface area contributed by atoms with Crippen LogP contribution in [0.15, 0.2) is 72.8 Å². The first-order valence-electron chi connectivity index (χ1n) is 11.7. The van der Waals surface area contributed by atoms with Crippen molar-refractivity contribution < 1.29 is 14.4 Å². The van der Waals surface area contributed by atoms with Crippen LogP contribution < -0.4 is 15.1 Å². The second-order valence-electron chi connectivity index (χ2n) is 9.23. The zero-order valence-electron chi connectivity index (χ0n) is 19.9. The fourth-order valence-corrected chi connectivity index (χ4v) is 6.13. The van der Waals surface area contributed by atoms with Crippen molar-refractivity contribution in [3.05, 3.63) is 89.5 Å². The van der Waals surface area contributed by atoms with E-state index in [0.717, 1.165) is 11.1 Å². The molecule has 3 aromatic rings. The van der Waals surface area contributed by atoms with Crippen molar-refractivity contribution in [3.8, 4) is 0 Å². The summed E-state index contributed by atoms with van der Waals surface area (Å²) in [6, 6.07) is 22.8. The monoisotopic (exact) mass is 485 g/mol. The topological polar surface area (TPSA) is 69.7 Å². The Hall–Kier alpha value is -3.58. The number of aryl methyl sites for hydroxylation is 1. The van der Waals surface area contributed by atoms with E-state index in [1.54, 1.807) is 4.90 Å². The van der Waals surface area contributed by atoms with Crippen LogP contribution in [0.1, 0.15) is 36.5 Å². The highest BCUT2D eigenvalue weighted by Crippen LogP contribution is 2.55. The highest BCUT2D eigenvalue weighted by atomic mass is 32.2. The minimum absolute atomic E-state index is 0.125. The summed E-state index contributed by atoms with van der Waals surface area (Å²) in [5, 5.41) is 2.90. The summed E-state index contributed by atoms with van der Waals surface area (Å²) in [4.78, 5) is 42.0. The summed E-state index contributed by atoms with van der Waals surface area (Å²) in [6.45, 7) is 6.05. The predicted molar refractivity (Wildman–Crippen MR) is 141 cm³/mol. The fourth-order valence-electron chi connectivity index (χ4n) is 4.77. The third-order valence-corrected chi connectivity index (χ3v) is 7.87. The summed E-state index contributed by atoms with van der Waals surface area (Å²) in [7, 11) is 0. The molecule has 178 valence electrons. The van der Waals surface area contributed by atoms with Crippen molar-refractivity contribution in [3.63, 3.8) is 0 Å². The molecule has 1 fully saturated rings. The number of para-hydroxylation sites is 1. The first-order valence-corrected chi connectivity index (χ1v) is 12.6. The molecule has 6 nitrogen and oxygen atoms in total. The standard InChI is InChI=1S/C28H27N3O3S/c1-18(2)20-11-13-21(14-12-20)29-25(32)16-30-24-10-5-4-9-23(24)28(27(30)34)31(26(33)17-35-28)22-8-6-7-19(3)15-22/h4-15,18H,16-17H2,1-3H3,(H,29,32)/t28-/m0/s1. The zero-order chi connectivity index (χ0) is 24.7. The van der Waals surface area contributed by atoms with Gasteiger partial charge in [-0.2, -0.15) is 0 Å². The van der Waals surface area contributed by atoms with Gasteiger partial charge in [0.05, 0.1) is 11.4 Å². The lowest BCUT2D eigenvalue weighted by molar-refractivity contribution is -0.124. The van der Waals surface area contributed by atoms with E-state index in [9.17, 15) is 14.4 Å². The van der Waals surface area contributed by atoms with E-state index in [1.165, 1.54) is 22.2 Å². The van der Waals surface area contributed by atoms with Gasteiger partial charge >= 0.3 is 0 Å². The Labute approximate surface area is 209 Å². The molecule has 3 amide bonds. The molecule has 35 heavy (non-hydrogen) atoms. The van der Waals surface area contributed by atoms with Crippen molar-refractivity contribution in [1.29, 1.82) is 0 Å². The maximum atomic E-state index is 14.0. The van der Waals surface area contributed by atoms with Gasteiger partial charge in [0.2, 0.25) is 16.7 Å². The molecular formula is C28H27N3O3S. The average molecular weight is 486 g/mol. The van der Waals surface area contributed by atoms with Crippen LogP contribution >= 0.6 is 11.8 Å². The lowest BCUT2D eigenvalue weighted by Gasteiger charge is -2.33. The molecule has 1 saturated heterocycles. The van der Waals surface area contributed by atoms with Crippen LogP contribution in [-0.4, -0.2) is 30.0 Å². The molecule has 0 bridgehead atoms. The minimum atomic E-state index is -1.22. The largest absolute Gasteiger partial charge is 0.325 e. The van der Waals surface area contributed by atoms with Gasteiger partial charge in [-0.15, -0.1) is 11.8 Å². The van der Waals surface area contributed by atoms with E-state index < -0.39 is 4.87 Å². The summed E-state index contributed by atoms with van der Waals surface area (Å²) < 4.78 is 0. The molecule has 1 atom stereocenters. The summed E-state index contributed by atoms with van der Waals surface area (Å²) in [5.74, 6) is -0.103. The Morgan fingerprint density at radius 1 is 1.03 bits per heavy atom. The fraction of sp³-hybridized carbons (Fsp3) is 0.250. The van der Waals surface area contributed by atoms with Gasteiger partial charge in [0.15, 0.2) is 0 Å². The SMILES string of the molecule is Cc1cccc(N2C(=O)CS[C@@]23C(=O)N(CC(=O)Nc2ccc(C(C)C)cc2)c2ccccc23)c1. The number of anilines is 3. The molecule has 0 radical (unpaired) electrons. The van der Waals surface area contributed by atoms with Gasteiger partial charge in [-0.25, -0.2) is 0 Å². The maximum Gasteiger partial charge on any atom is 0.269 e. The van der Waals surface area contributed by atoms with Crippen molar-refractivity contribution in [2.75, 3.05) is 27.4 Å². The van der Waals surface area contributed by atoms with Gasteiger partial charge in [-0.3, -0.25) is 24.2 Å². The second kappa shape index (κ2) is 8.89. The summed E-state index contributed by atoms with van der Waals surface area (Å²) >= 11 is 1.31. The molecule has 0 saturated carbocycles. The van der Waals surface area contributed by atoms with E-state index in [-0.39, 0.29) is 30.0 Å². The number of rotatable bonds is 5. The highest BCUT2D eigenvalue weighted by molar-refractivity contribution is 8.02. The predicted octanol–water partition coefficient (Wildman–Crippen LogP) is 5.04. The molecule has 2 heterocycles. The number of hydrogen-bond acceptors (Lipinski definition) is 4. The number of carbonyl (C=O) groups is 3. The van der Waals surface area contributed by atoms with Gasteiger partial charge in [0, 0.05) is 16.9 Å². The van der Waals surface area contributed by atoms with Gasteiger partial charge in [-0.1, -0.05) is 56.3 Å². The van der Waals surface area contributed by atoms with Gasteiger partial charge < -0.3 is 5.32 Å². The van der Waals surface area contributed by atoms with Gasteiger partial charge in [0.25, 0.3) is 5.91 Å². The van der Waals surface area contributed by atoms with E-state index in [2.05, 4.69) is 19.2 Å². The Morgan fingerprint density at radius 3 is 2.49 bits per heavy atom. The van der Waals surface area contributed by atoms with Crippen molar-refractivity contribution in [1.82, 2.24) is 0 Å². The molecule has 1 N–H and O–H groups in total. The van der Waals surface area contributed by atoms with E-state index in [0.29, 0.717) is 23.0 Å². The molecule has 2 aliphatic rings. The van der Waals surface area contributed by atoms with Crippen LogP contribution in [-0.2, 0) is 19.3 Å². The maximum absolute atomic E-state index is 14.0. The van der Waals surface area contributed by atoms with E-state index in [1.807, 2.05) is 79.7 Å². The normalized spacial score (nSPS) is 19.1. The summed E-state index contributed by atoms with van der Waals surface area (Å²) in [5.41, 5.74) is 4.94. The van der Waals surface area contributed by atoms with Gasteiger partial charge in [-0.05, 0) is 54.3 Å². The Kier molecular flexibility index (Phi) is 5.89. The molecular weight excluding hydrogens is 458 g/mol. The third-order valence-electron chi connectivity index (χ3n) is 6.49. The number of fused-ring (bicyclic) bond motifs is 2. The Morgan fingerprint density at radius 2 is 1.77 bits per heavy atom. The van der Waals surface area contributed by atoms with Gasteiger partial charge in [0.1, 0.15) is 6.54 Å². The molecule has 7 heteroatoms. The van der Waals surface area contributed by atoms with E-state index >= 15 is 0 Å². The first kappa shape index (κ1) is 23.2. The van der Waals surface area contributed by atoms with Crippen molar-refractivity contribution in [2.24, 2.45) is 0 Å². The van der Waals surface area contributed by atoms with Crippen molar-refractivity contribution in [2.45, 2.75) is 31.6 Å². The third kappa shape index (κ3) is 3.90. The quantitative estimate of drug-likeness (QED) is 0.550. The molecule has 5 rings (SSSR count). The highest BCUT2D eigenvalue weighted by Gasteiger charge is 2.61. The molecule has 1 spiro atoms. The van der Waals surface area contributed by atoms with Crippen molar-refractivity contribution >= 4 is 46.5 Å². The first-order chi connectivity index (χ1) is 16.8.